The zero-order chi connectivity index (χ0) is 22.1. The van der Waals surface area contributed by atoms with Crippen LogP contribution in [-0.4, -0.2) is 38.7 Å². The van der Waals surface area contributed by atoms with Gasteiger partial charge in [0, 0.05) is 18.6 Å². The molecule has 0 aliphatic carbocycles. The molecule has 4 aromatic rings. The lowest BCUT2D eigenvalue weighted by Gasteiger charge is -2.06. The molecule has 4 rings (SSSR count). The molecule has 0 atom stereocenters. The van der Waals surface area contributed by atoms with E-state index in [4.69, 9.17) is 16.3 Å². The fourth-order valence-corrected chi connectivity index (χ4v) is 4.35. The second-order valence-corrected chi connectivity index (χ2v) is 8.17. The first-order chi connectivity index (χ1) is 14.8. The number of esters is 1. The molecule has 0 unspecified atom stereocenters. The maximum Gasteiger partial charge on any atom is 0.348 e. The molecule has 31 heavy (non-hydrogen) atoms. The largest absolute Gasteiger partial charge is 0.451 e. The van der Waals surface area contributed by atoms with Crippen LogP contribution in [0.1, 0.15) is 25.9 Å². The van der Waals surface area contributed by atoms with Crippen LogP contribution >= 0.6 is 22.9 Å². The number of carbonyl (C=O) groups is 3. The zero-order valence-corrected chi connectivity index (χ0v) is 18.2. The zero-order valence-electron chi connectivity index (χ0n) is 16.6. The van der Waals surface area contributed by atoms with Crippen LogP contribution in [0.3, 0.4) is 0 Å². The first kappa shape index (κ1) is 20.8. The third-order valence-corrected chi connectivity index (χ3v) is 6.00. The summed E-state index contributed by atoms with van der Waals surface area (Å²) >= 11 is 7.48. The van der Waals surface area contributed by atoms with Crippen molar-refractivity contribution in [2.45, 2.75) is 6.92 Å². The molecule has 1 N–H and O–H groups in total. The summed E-state index contributed by atoms with van der Waals surface area (Å²) in [7, 11) is 1.69. The Balaban J connectivity index is 1.47. The summed E-state index contributed by atoms with van der Waals surface area (Å²) in [5.74, 6) is -1.93. The summed E-state index contributed by atoms with van der Waals surface area (Å²) in [6.07, 6.45) is 1.69. The van der Waals surface area contributed by atoms with Crippen LogP contribution in [0.2, 0.25) is 5.02 Å². The Bertz CT molecular complexity index is 1320. The maximum absolute atomic E-state index is 12.5. The number of hydrogen-bond donors (Lipinski definition) is 1. The summed E-state index contributed by atoms with van der Waals surface area (Å²) in [6.45, 7) is 1.26. The van der Waals surface area contributed by atoms with Crippen molar-refractivity contribution in [3.63, 3.8) is 0 Å². The van der Waals surface area contributed by atoms with E-state index in [1.54, 1.807) is 46.8 Å². The van der Waals surface area contributed by atoms with Crippen LogP contribution in [0.4, 0.5) is 0 Å². The van der Waals surface area contributed by atoms with Gasteiger partial charge >= 0.3 is 5.97 Å². The van der Waals surface area contributed by atoms with Crippen molar-refractivity contribution in [2.24, 2.45) is 7.05 Å². The Morgan fingerprint density at radius 3 is 2.68 bits per heavy atom. The molecular weight excluding hydrogens is 440 g/mol. The van der Waals surface area contributed by atoms with Crippen LogP contribution in [0.15, 0.2) is 48.7 Å². The van der Waals surface area contributed by atoms with Gasteiger partial charge in [0.25, 0.3) is 11.8 Å². The molecule has 2 amide bonds. The van der Waals surface area contributed by atoms with Crippen molar-refractivity contribution in [2.75, 3.05) is 6.61 Å². The number of rotatable bonds is 5. The monoisotopic (exact) mass is 456 g/mol. The molecule has 0 aliphatic heterocycles. The molecule has 0 aliphatic rings. The van der Waals surface area contributed by atoms with Crippen molar-refractivity contribution in [3.8, 4) is 5.69 Å². The van der Waals surface area contributed by atoms with Crippen LogP contribution in [0.25, 0.3) is 15.9 Å². The number of hydrogen-bond acceptors (Lipinski definition) is 6. The van der Waals surface area contributed by atoms with Crippen molar-refractivity contribution in [1.82, 2.24) is 19.7 Å². The lowest BCUT2D eigenvalue weighted by Crippen LogP contribution is -2.35. The summed E-state index contributed by atoms with van der Waals surface area (Å²) in [5.41, 5.74) is 1.75. The number of imide groups is 1. The first-order valence-corrected chi connectivity index (χ1v) is 10.4. The molecule has 3 aromatic heterocycles. The number of benzene rings is 1. The molecule has 0 bridgehead atoms. The summed E-state index contributed by atoms with van der Waals surface area (Å²) in [6, 6.07) is 12.2. The highest BCUT2D eigenvalue weighted by Gasteiger charge is 2.20. The van der Waals surface area contributed by atoms with E-state index in [0.717, 1.165) is 15.9 Å². The number of aromatic nitrogens is 3. The predicted molar refractivity (Wildman–Crippen MR) is 117 cm³/mol. The van der Waals surface area contributed by atoms with Gasteiger partial charge in [-0.15, -0.1) is 11.3 Å². The number of nitrogens with zero attached hydrogens (tertiary/aromatic N) is 3. The smallest absolute Gasteiger partial charge is 0.348 e. The van der Waals surface area contributed by atoms with Gasteiger partial charge in [0.2, 0.25) is 0 Å². The van der Waals surface area contributed by atoms with E-state index >= 15 is 0 Å². The van der Waals surface area contributed by atoms with Gasteiger partial charge in [0.1, 0.15) is 15.4 Å². The van der Waals surface area contributed by atoms with Gasteiger partial charge in [-0.3, -0.25) is 14.9 Å². The number of para-hydroxylation sites is 1. The first-order valence-electron chi connectivity index (χ1n) is 9.22. The van der Waals surface area contributed by atoms with Crippen LogP contribution in [0, 0.1) is 6.92 Å². The van der Waals surface area contributed by atoms with Gasteiger partial charge in [-0.1, -0.05) is 23.7 Å². The van der Waals surface area contributed by atoms with Crippen molar-refractivity contribution < 1.29 is 19.1 Å². The molecule has 0 radical (unpaired) electrons. The van der Waals surface area contributed by atoms with E-state index in [1.165, 1.54) is 11.3 Å². The standard InChI is InChI=1S/C21H17ClN4O4S/c1-12-13-10-17(31-20(13)26(24-12)15-7-4-3-6-14(15)22)21(29)30-11-18(27)23-19(28)16-8-5-9-25(16)2/h3-10H,11H2,1-2H3,(H,23,27,28). The van der Waals surface area contributed by atoms with E-state index in [9.17, 15) is 14.4 Å². The van der Waals surface area contributed by atoms with E-state index in [-0.39, 0.29) is 0 Å². The highest BCUT2D eigenvalue weighted by atomic mass is 35.5. The fraction of sp³-hybridized carbons (Fsp3) is 0.143. The topological polar surface area (TPSA) is 95.2 Å². The minimum Gasteiger partial charge on any atom is -0.451 e. The Labute approximate surface area is 186 Å². The third-order valence-electron chi connectivity index (χ3n) is 4.59. The second kappa shape index (κ2) is 8.37. The van der Waals surface area contributed by atoms with Crippen LogP contribution < -0.4 is 5.32 Å². The fourth-order valence-electron chi connectivity index (χ4n) is 3.06. The average Bonchev–Trinajstić information content (AvgIpc) is 3.43. The third kappa shape index (κ3) is 4.10. The number of aryl methyl sites for hydroxylation is 2. The van der Waals surface area contributed by atoms with Crippen LogP contribution in [-0.2, 0) is 16.6 Å². The number of nitrogens with one attached hydrogen (secondary N) is 1. The Morgan fingerprint density at radius 1 is 1.19 bits per heavy atom. The highest BCUT2D eigenvalue weighted by Crippen LogP contribution is 2.32. The van der Waals surface area contributed by atoms with E-state index in [0.29, 0.717) is 21.3 Å². The number of fused-ring (bicyclic) bond motifs is 1. The normalized spacial score (nSPS) is 10.9. The number of thiophene rings is 1. The summed E-state index contributed by atoms with van der Waals surface area (Å²) < 4.78 is 8.35. The number of halogens is 1. The van der Waals surface area contributed by atoms with Gasteiger partial charge in [0.05, 0.1) is 16.4 Å². The summed E-state index contributed by atoms with van der Waals surface area (Å²) in [5, 5.41) is 8.03. The van der Waals surface area contributed by atoms with Gasteiger partial charge in [-0.25, -0.2) is 9.48 Å². The molecule has 10 heteroatoms. The van der Waals surface area contributed by atoms with Crippen molar-refractivity contribution in [3.05, 3.63) is 69.9 Å². The molecule has 3 heterocycles. The minimum absolute atomic E-state index is 0.317. The Morgan fingerprint density at radius 2 is 1.97 bits per heavy atom. The van der Waals surface area contributed by atoms with E-state index < -0.39 is 24.4 Å². The van der Waals surface area contributed by atoms with Gasteiger partial charge in [0.15, 0.2) is 6.61 Å². The molecule has 0 spiro atoms. The quantitative estimate of drug-likeness (QED) is 0.464. The average molecular weight is 457 g/mol. The van der Waals surface area contributed by atoms with Crippen LogP contribution in [0.5, 0.6) is 0 Å². The molecular formula is C21H17ClN4O4S. The number of carbonyl (C=O) groups excluding carboxylic acids is 3. The van der Waals surface area contributed by atoms with Crippen molar-refractivity contribution in [1.29, 1.82) is 0 Å². The van der Waals surface area contributed by atoms with E-state index in [1.807, 2.05) is 25.1 Å². The molecule has 8 nitrogen and oxygen atoms in total. The van der Waals surface area contributed by atoms with Gasteiger partial charge < -0.3 is 9.30 Å². The molecule has 1 aromatic carbocycles. The van der Waals surface area contributed by atoms with Gasteiger partial charge in [-0.2, -0.15) is 5.10 Å². The summed E-state index contributed by atoms with van der Waals surface area (Å²) in [4.78, 5) is 37.6. The number of ether oxygens (including phenoxy) is 1. The lowest BCUT2D eigenvalue weighted by atomic mass is 10.3. The van der Waals surface area contributed by atoms with Crippen molar-refractivity contribution >= 4 is 50.9 Å². The maximum atomic E-state index is 12.5. The van der Waals surface area contributed by atoms with Gasteiger partial charge in [-0.05, 0) is 37.3 Å². The number of amides is 2. The highest BCUT2D eigenvalue weighted by molar-refractivity contribution is 7.20. The van der Waals surface area contributed by atoms with E-state index in [2.05, 4.69) is 10.4 Å². The molecule has 0 saturated carbocycles. The minimum atomic E-state index is -0.709. The molecule has 0 fully saturated rings. The Kier molecular flexibility index (Phi) is 5.62. The molecule has 0 saturated heterocycles. The molecule has 158 valence electrons. The SMILES string of the molecule is Cc1nn(-c2ccccc2Cl)c2sc(C(=O)OCC(=O)NC(=O)c3cccn3C)cc12. The second-order valence-electron chi connectivity index (χ2n) is 6.74. The lowest BCUT2D eigenvalue weighted by molar-refractivity contribution is -0.123. The Hall–Kier alpha value is -3.43. The predicted octanol–water partition coefficient (Wildman–Crippen LogP) is 3.50.